The Labute approximate surface area is 88.7 Å². The van der Waals surface area contributed by atoms with Crippen LogP contribution < -0.4 is 5.11 Å². The van der Waals surface area contributed by atoms with Crippen molar-refractivity contribution in [2.24, 2.45) is 5.10 Å². The van der Waals surface area contributed by atoms with E-state index >= 15 is 0 Å². The molecule has 3 heteroatoms. The molecular weight excluding hydrogens is 188 g/mol. The molecule has 15 heavy (non-hydrogen) atoms. The number of nitrogens with zero attached hydrogens (tertiary/aromatic N) is 2. The number of hydrogen-bond acceptors (Lipinski definition) is 2. The summed E-state index contributed by atoms with van der Waals surface area (Å²) in [5.41, 5.74) is 1.18. The SMILES string of the molecule is [O-]C1=N/[N+](=C\C/C=C\c2ccccc2)C1. The maximum atomic E-state index is 10.5. The quantitative estimate of drug-likeness (QED) is 0.667. The van der Waals surface area contributed by atoms with Gasteiger partial charge in [-0.2, -0.15) is 0 Å². The molecule has 1 aliphatic heterocycles. The van der Waals surface area contributed by atoms with Gasteiger partial charge in [-0.1, -0.05) is 47.2 Å². The molecule has 0 amide bonds. The Morgan fingerprint density at radius 3 is 2.73 bits per heavy atom. The molecule has 0 fully saturated rings. The van der Waals surface area contributed by atoms with E-state index < -0.39 is 0 Å². The summed E-state index contributed by atoms with van der Waals surface area (Å²) in [5, 5.41) is 14.2. The predicted molar refractivity (Wildman–Crippen MR) is 58.7 cm³/mol. The van der Waals surface area contributed by atoms with Crippen LogP contribution in [0.5, 0.6) is 0 Å². The molecule has 1 aliphatic rings. The van der Waals surface area contributed by atoms with E-state index in [1.807, 2.05) is 42.6 Å². The average Bonchev–Trinajstić information content (AvgIpc) is 2.23. The maximum Gasteiger partial charge on any atom is 0.208 e. The molecule has 0 radical (unpaired) electrons. The van der Waals surface area contributed by atoms with Crippen LogP contribution in [0.4, 0.5) is 0 Å². The largest absolute Gasteiger partial charge is 0.853 e. The lowest BCUT2D eigenvalue weighted by Gasteiger charge is -2.11. The van der Waals surface area contributed by atoms with Gasteiger partial charge in [0.1, 0.15) is 5.90 Å². The molecule has 0 atom stereocenters. The molecule has 1 heterocycles. The van der Waals surface area contributed by atoms with Gasteiger partial charge in [0.2, 0.25) is 6.54 Å². The van der Waals surface area contributed by atoms with Crippen LogP contribution in [-0.2, 0) is 0 Å². The Morgan fingerprint density at radius 1 is 1.33 bits per heavy atom. The molecule has 0 aromatic heterocycles. The minimum atomic E-state index is -0.0433. The Bertz CT molecular complexity index is 419. The van der Waals surface area contributed by atoms with E-state index in [0.29, 0.717) is 6.54 Å². The summed E-state index contributed by atoms with van der Waals surface area (Å²) in [6.45, 7) is 0.430. The van der Waals surface area contributed by atoms with E-state index in [1.54, 1.807) is 4.68 Å². The van der Waals surface area contributed by atoms with Crippen molar-refractivity contribution in [1.29, 1.82) is 0 Å². The number of benzene rings is 1. The van der Waals surface area contributed by atoms with E-state index in [9.17, 15) is 5.11 Å². The van der Waals surface area contributed by atoms with Gasteiger partial charge in [-0.25, -0.2) is 0 Å². The zero-order valence-corrected chi connectivity index (χ0v) is 8.34. The van der Waals surface area contributed by atoms with Gasteiger partial charge in [-0.15, -0.1) is 0 Å². The van der Waals surface area contributed by atoms with Crippen LogP contribution in [0.2, 0.25) is 0 Å². The highest BCUT2D eigenvalue weighted by Crippen LogP contribution is 2.01. The molecule has 0 saturated carbocycles. The summed E-state index contributed by atoms with van der Waals surface area (Å²) >= 11 is 0. The van der Waals surface area contributed by atoms with Gasteiger partial charge in [-0.3, -0.25) is 0 Å². The van der Waals surface area contributed by atoms with Gasteiger partial charge in [0.25, 0.3) is 0 Å². The first-order chi connectivity index (χ1) is 7.34. The highest BCUT2D eigenvalue weighted by Gasteiger charge is 2.11. The molecule has 0 spiro atoms. The summed E-state index contributed by atoms with van der Waals surface area (Å²) in [7, 11) is 0. The van der Waals surface area contributed by atoms with Gasteiger partial charge >= 0.3 is 0 Å². The number of rotatable bonds is 3. The van der Waals surface area contributed by atoms with Gasteiger partial charge in [0.15, 0.2) is 6.21 Å². The summed E-state index contributed by atoms with van der Waals surface area (Å²) in [6, 6.07) is 10.1. The Hall–Kier alpha value is -1.90. The smallest absolute Gasteiger partial charge is 0.208 e. The maximum absolute atomic E-state index is 10.5. The van der Waals surface area contributed by atoms with Crippen LogP contribution in [0.3, 0.4) is 0 Å². The van der Waals surface area contributed by atoms with Crippen molar-refractivity contribution in [1.82, 2.24) is 0 Å². The van der Waals surface area contributed by atoms with E-state index in [0.717, 1.165) is 6.42 Å². The van der Waals surface area contributed by atoms with Crippen molar-refractivity contribution in [2.45, 2.75) is 6.42 Å². The van der Waals surface area contributed by atoms with E-state index in [-0.39, 0.29) is 5.90 Å². The van der Waals surface area contributed by atoms with Gasteiger partial charge in [-0.05, 0) is 10.7 Å². The van der Waals surface area contributed by atoms with Crippen molar-refractivity contribution in [3.8, 4) is 0 Å². The van der Waals surface area contributed by atoms with Crippen LogP contribution in [0.15, 0.2) is 41.5 Å². The number of hydrogen-bond donors (Lipinski definition) is 0. The molecule has 1 aromatic rings. The van der Waals surface area contributed by atoms with Crippen LogP contribution in [0.25, 0.3) is 6.08 Å². The summed E-state index contributed by atoms with van der Waals surface area (Å²) in [4.78, 5) is 0. The lowest BCUT2D eigenvalue weighted by Crippen LogP contribution is -2.38. The minimum absolute atomic E-state index is 0.0433. The fourth-order valence-electron chi connectivity index (χ4n) is 1.33. The Morgan fingerprint density at radius 2 is 2.07 bits per heavy atom. The normalized spacial score (nSPS) is 17.9. The second-order valence-corrected chi connectivity index (χ2v) is 3.32. The molecule has 0 saturated heterocycles. The zero-order valence-electron chi connectivity index (χ0n) is 8.34. The molecular formula is C12H12N2O. The molecule has 0 unspecified atom stereocenters. The number of hydrazone groups is 1. The first-order valence-electron chi connectivity index (χ1n) is 4.90. The van der Waals surface area contributed by atoms with E-state index in [2.05, 4.69) is 11.2 Å². The van der Waals surface area contributed by atoms with Crippen molar-refractivity contribution in [3.05, 3.63) is 42.0 Å². The lowest BCUT2D eigenvalue weighted by molar-refractivity contribution is -0.559. The molecule has 0 bridgehead atoms. The molecule has 1 aromatic carbocycles. The molecule has 76 valence electrons. The van der Waals surface area contributed by atoms with E-state index in [4.69, 9.17) is 0 Å². The van der Waals surface area contributed by atoms with Crippen molar-refractivity contribution in [2.75, 3.05) is 6.54 Å². The highest BCUT2D eigenvalue weighted by molar-refractivity contribution is 5.75. The third kappa shape index (κ3) is 2.77. The standard InChI is InChI=1S/C12H12N2O/c15-12-10-14(13-12)9-5-4-8-11-6-2-1-3-7-11/h1-4,6-9H,5,10H2/b8-4-,14-9-. The molecule has 0 N–H and O–H groups in total. The second-order valence-electron chi connectivity index (χ2n) is 3.32. The van der Waals surface area contributed by atoms with Crippen molar-refractivity contribution < 1.29 is 9.79 Å². The second kappa shape index (κ2) is 4.55. The molecule has 3 nitrogen and oxygen atoms in total. The third-order valence-electron chi connectivity index (χ3n) is 2.10. The fraction of sp³-hybridized carbons (Fsp3) is 0.167. The van der Waals surface area contributed by atoms with E-state index in [1.165, 1.54) is 5.56 Å². The summed E-state index contributed by atoms with van der Waals surface area (Å²) < 4.78 is 1.66. The highest BCUT2D eigenvalue weighted by atomic mass is 16.3. The topological polar surface area (TPSA) is 38.4 Å². The van der Waals surface area contributed by atoms with Crippen LogP contribution >= 0.6 is 0 Å². The third-order valence-corrected chi connectivity index (χ3v) is 2.10. The molecule has 2 rings (SSSR count). The van der Waals surface area contributed by atoms with Crippen molar-refractivity contribution >= 4 is 18.2 Å². The summed E-state index contributed by atoms with van der Waals surface area (Å²) in [5.74, 6) is -0.0433. The van der Waals surface area contributed by atoms with Crippen LogP contribution in [0, 0.1) is 0 Å². The van der Waals surface area contributed by atoms with Gasteiger partial charge < -0.3 is 5.11 Å². The monoisotopic (exact) mass is 200 g/mol. The Kier molecular flexibility index (Phi) is 2.93. The minimum Gasteiger partial charge on any atom is -0.853 e. The van der Waals surface area contributed by atoms with Gasteiger partial charge in [0.05, 0.1) is 0 Å². The zero-order chi connectivity index (χ0) is 10.5. The lowest BCUT2D eigenvalue weighted by atomic mass is 10.2. The predicted octanol–water partition coefficient (Wildman–Crippen LogP) is 0.861. The first-order valence-corrected chi connectivity index (χ1v) is 4.90. The van der Waals surface area contributed by atoms with Gasteiger partial charge in [0, 0.05) is 6.42 Å². The first kappa shape index (κ1) is 9.65. The number of allylic oxidation sites excluding steroid dienone is 1. The molecule has 0 aliphatic carbocycles. The Balaban J connectivity index is 1.84. The summed E-state index contributed by atoms with van der Waals surface area (Å²) in [6.07, 6.45) is 6.80. The van der Waals surface area contributed by atoms with Crippen molar-refractivity contribution in [3.63, 3.8) is 0 Å². The van der Waals surface area contributed by atoms with Crippen LogP contribution in [-0.4, -0.2) is 23.3 Å². The van der Waals surface area contributed by atoms with Crippen LogP contribution in [0.1, 0.15) is 12.0 Å². The average molecular weight is 200 g/mol. The fourth-order valence-corrected chi connectivity index (χ4v) is 1.33.